The van der Waals surface area contributed by atoms with Gasteiger partial charge in [-0.2, -0.15) is 0 Å². The average Bonchev–Trinajstić information content (AvgIpc) is 3.42. The second-order valence-electron chi connectivity index (χ2n) is 7.56. The fraction of sp³-hybridized carbons (Fsp3) is 0.304. The Morgan fingerprint density at radius 3 is 2.61 bits per heavy atom. The molecule has 0 bridgehead atoms. The highest BCUT2D eigenvalue weighted by atomic mass is 16.7. The molecule has 1 aliphatic rings. The predicted octanol–water partition coefficient (Wildman–Crippen LogP) is 4.20. The Morgan fingerprint density at radius 1 is 1.10 bits per heavy atom. The van der Waals surface area contributed by atoms with Crippen molar-refractivity contribution >= 4 is 6.03 Å². The molecule has 0 radical (unpaired) electrons. The number of rotatable bonds is 7. The van der Waals surface area contributed by atoms with Crippen molar-refractivity contribution in [3.05, 3.63) is 59.8 Å². The standard InChI is InChI=1S/C23H25N3O5/c1-15(2)24-23(27)26(12-16-4-9-20-22(10-16)30-14-29-20)13-18-11-21(31-25-18)17-5-7-19(28-3)8-6-17/h4-11,15H,12-14H2,1-3H3,(H,24,27). The lowest BCUT2D eigenvalue weighted by Crippen LogP contribution is -2.42. The van der Waals surface area contributed by atoms with Gasteiger partial charge in [-0.05, 0) is 55.8 Å². The van der Waals surface area contributed by atoms with Gasteiger partial charge in [-0.15, -0.1) is 0 Å². The van der Waals surface area contributed by atoms with E-state index >= 15 is 0 Å². The molecule has 1 aliphatic heterocycles. The van der Waals surface area contributed by atoms with E-state index < -0.39 is 0 Å². The first kappa shape index (κ1) is 20.6. The summed E-state index contributed by atoms with van der Waals surface area (Å²) in [5, 5.41) is 7.11. The zero-order valence-electron chi connectivity index (χ0n) is 17.8. The Kier molecular flexibility index (Phi) is 5.97. The summed E-state index contributed by atoms with van der Waals surface area (Å²) in [6, 6.07) is 14.9. The summed E-state index contributed by atoms with van der Waals surface area (Å²) < 4.78 is 21.5. The second kappa shape index (κ2) is 8.99. The molecule has 8 nitrogen and oxygen atoms in total. The van der Waals surface area contributed by atoms with E-state index in [4.69, 9.17) is 18.7 Å². The number of carbonyl (C=O) groups excluding carboxylic acids is 1. The lowest BCUT2D eigenvalue weighted by atomic mass is 10.1. The molecule has 2 heterocycles. The third-order valence-corrected chi connectivity index (χ3v) is 4.80. The van der Waals surface area contributed by atoms with Gasteiger partial charge in [-0.1, -0.05) is 11.2 Å². The molecule has 2 amide bonds. The highest BCUT2D eigenvalue weighted by Crippen LogP contribution is 2.33. The molecule has 0 atom stereocenters. The van der Waals surface area contributed by atoms with Gasteiger partial charge in [-0.3, -0.25) is 0 Å². The van der Waals surface area contributed by atoms with Crippen molar-refractivity contribution in [2.45, 2.75) is 33.0 Å². The highest BCUT2D eigenvalue weighted by molar-refractivity contribution is 5.74. The summed E-state index contributed by atoms with van der Waals surface area (Å²) in [6.07, 6.45) is 0. The van der Waals surface area contributed by atoms with Crippen molar-refractivity contribution in [1.29, 1.82) is 0 Å². The van der Waals surface area contributed by atoms with Crippen LogP contribution in [0.5, 0.6) is 17.2 Å². The Morgan fingerprint density at radius 2 is 1.87 bits per heavy atom. The number of urea groups is 1. The number of methoxy groups -OCH3 is 1. The molecular weight excluding hydrogens is 398 g/mol. The van der Waals surface area contributed by atoms with E-state index in [1.165, 1.54) is 0 Å². The van der Waals surface area contributed by atoms with Crippen LogP contribution in [-0.2, 0) is 13.1 Å². The van der Waals surface area contributed by atoms with E-state index in [2.05, 4.69) is 10.5 Å². The molecule has 0 fully saturated rings. The Labute approximate surface area is 180 Å². The lowest BCUT2D eigenvalue weighted by Gasteiger charge is -2.23. The average molecular weight is 423 g/mol. The largest absolute Gasteiger partial charge is 0.497 e. The number of nitrogens with one attached hydrogen (secondary N) is 1. The molecule has 3 aromatic rings. The summed E-state index contributed by atoms with van der Waals surface area (Å²) in [5.74, 6) is 2.79. The minimum Gasteiger partial charge on any atom is -0.497 e. The van der Waals surface area contributed by atoms with Gasteiger partial charge >= 0.3 is 6.03 Å². The maximum absolute atomic E-state index is 12.8. The van der Waals surface area contributed by atoms with E-state index in [1.807, 2.05) is 62.4 Å². The number of carbonyl (C=O) groups is 1. The van der Waals surface area contributed by atoms with Crippen molar-refractivity contribution in [2.24, 2.45) is 0 Å². The van der Waals surface area contributed by atoms with Crippen LogP contribution in [0.15, 0.2) is 53.1 Å². The number of aromatic nitrogens is 1. The minimum absolute atomic E-state index is 0.0129. The van der Waals surface area contributed by atoms with E-state index in [-0.39, 0.29) is 18.9 Å². The molecule has 4 rings (SSSR count). The molecule has 162 valence electrons. The Hall–Kier alpha value is -3.68. The molecule has 0 saturated heterocycles. The van der Waals surface area contributed by atoms with Crippen LogP contribution in [0.4, 0.5) is 4.79 Å². The van der Waals surface area contributed by atoms with Gasteiger partial charge in [0.2, 0.25) is 6.79 Å². The first-order valence-corrected chi connectivity index (χ1v) is 10.1. The van der Waals surface area contributed by atoms with Crippen LogP contribution >= 0.6 is 0 Å². The molecule has 1 N–H and O–H groups in total. The summed E-state index contributed by atoms with van der Waals surface area (Å²) in [7, 11) is 1.62. The van der Waals surface area contributed by atoms with Crippen molar-refractivity contribution < 1.29 is 23.5 Å². The van der Waals surface area contributed by atoms with E-state index in [9.17, 15) is 4.79 Å². The van der Waals surface area contributed by atoms with Crippen LogP contribution in [-0.4, -0.2) is 36.0 Å². The molecule has 0 spiro atoms. The van der Waals surface area contributed by atoms with Crippen molar-refractivity contribution in [3.63, 3.8) is 0 Å². The summed E-state index contributed by atoms with van der Waals surface area (Å²) in [6.45, 7) is 4.75. The smallest absolute Gasteiger partial charge is 0.318 e. The van der Waals surface area contributed by atoms with Crippen LogP contribution in [0.1, 0.15) is 25.1 Å². The Balaban J connectivity index is 1.51. The fourth-order valence-corrected chi connectivity index (χ4v) is 3.27. The number of benzene rings is 2. The monoisotopic (exact) mass is 423 g/mol. The molecule has 0 unspecified atom stereocenters. The SMILES string of the molecule is COc1ccc(-c2cc(CN(Cc3ccc4c(c3)OCO4)C(=O)NC(C)C)no2)cc1. The maximum atomic E-state index is 12.8. The molecule has 2 aromatic carbocycles. The molecule has 0 aliphatic carbocycles. The number of hydrogen-bond donors (Lipinski definition) is 1. The number of nitrogens with zero attached hydrogens (tertiary/aromatic N) is 2. The normalized spacial score (nSPS) is 12.1. The van der Waals surface area contributed by atoms with E-state index in [0.717, 1.165) is 16.9 Å². The van der Waals surface area contributed by atoms with Crippen LogP contribution < -0.4 is 19.5 Å². The summed E-state index contributed by atoms with van der Waals surface area (Å²) in [5.41, 5.74) is 2.47. The fourth-order valence-electron chi connectivity index (χ4n) is 3.27. The van der Waals surface area contributed by atoms with E-state index in [1.54, 1.807) is 12.0 Å². The quantitative estimate of drug-likeness (QED) is 0.613. The summed E-state index contributed by atoms with van der Waals surface area (Å²) in [4.78, 5) is 14.5. The van der Waals surface area contributed by atoms with Gasteiger partial charge in [0.25, 0.3) is 0 Å². The third-order valence-electron chi connectivity index (χ3n) is 4.80. The number of amides is 2. The number of fused-ring (bicyclic) bond motifs is 1. The first-order chi connectivity index (χ1) is 15.0. The van der Waals surface area contributed by atoms with Crippen LogP contribution in [0.25, 0.3) is 11.3 Å². The van der Waals surface area contributed by atoms with Crippen LogP contribution in [0, 0.1) is 0 Å². The van der Waals surface area contributed by atoms with Crippen molar-refractivity contribution in [1.82, 2.24) is 15.4 Å². The zero-order valence-corrected chi connectivity index (χ0v) is 17.8. The van der Waals surface area contributed by atoms with Crippen LogP contribution in [0.3, 0.4) is 0 Å². The lowest BCUT2D eigenvalue weighted by molar-refractivity contribution is 0.173. The zero-order chi connectivity index (χ0) is 21.8. The molecule has 31 heavy (non-hydrogen) atoms. The topological polar surface area (TPSA) is 86.1 Å². The van der Waals surface area contributed by atoms with Gasteiger partial charge in [0, 0.05) is 24.2 Å². The first-order valence-electron chi connectivity index (χ1n) is 10.1. The van der Waals surface area contributed by atoms with Gasteiger partial charge in [-0.25, -0.2) is 4.79 Å². The van der Waals surface area contributed by atoms with Gasteiger partial charge in [0.1, 0.15) is 11.4 Å². The minimum atomic E-state index is -0.179. The Bertz CT molecular complexity index is 1050. The third kappa shape index (κ3) is 4.91. The maximum Gasteiger partial charge on any atom is 0.318 e. The van der Waals surface area contributed by atoms with Gasteiger partial charge < -0.3 is 29.0 Å². The number of hydrogen-bond acceptors (Lipinski definition) is 6. The highest BCUT2D eigenvalue weighted by Gasteiger charge is 2.20. The van der Waals surface area contributed by atoms with E-state index in [0.29, 0.717) is 36.0 Å². The number of ether oxygens (including phenoxy) is 3. The summed E-state index contributed by atoms with van der Waals surface area (Å²) >= 11 is 0. The molecule has 8 heteroatoms. The van der Waals surface area contributed by atoms with Crippen molar-refractivity contribution in [3.8, 4) is 28.6 Å². The van der Waals surface area contributed by atoms with Gasteiger partial charge in [0.15, 0.2) is 17.3 Å². The van der Waals surface area contributed by atoms with Crippen LogP contribution in [0.2, 0.25) is 0 Å². The predicted molar refractivity (Wildman–Crippen MR) is 114 cm³/mol. The van der Waals surface area contributed by atoms with Crippen molar-refractivity contribution in [2.75, 3.05) is 13.9 Å². The second-order valence-corrected chi connectivity index (χ2v) is 7.56. The molecular formula is C23H25N3O5. The molecule has 0 saturated carbocycles. The van der Waals surface area contributed by atoms with Gasteiger partial charge in [0.05, 0.1) is 13.7 Å². The molecule has 1 aromatic heterocycles.